The van der Waals surface area contributed by atoms with E-state index in [9.17, 15) is 45.3 Å². The van der Waals surface area contributed by atoms with Crippen LogP contribution in [0, 0.1) is 45.3 Å². The molecule has 24 atom stereocenters. The lowest BCUT2D eigenvalue weighted by Gasteiger charge is -2.70. The van der Waals surface area contributed by atoms with E-state index < -0.39 is 128 Å². The van der Waals surface area contributed by atoms with E-state index in [0.717, 1.165) is 51.0 Å². The van der Waals surface area contributed by atoms with E-state index in [0.29, 0.717) is 25.4 Å². The molecule has 19 nitrogen and oxygen atoms in total. The van der Waals surface area contributed by atoms with Crippen molar-refractivity contribution in [3.8, 4) is 0 Å². The molecule has 2 bridgehead atoms. The number of allylic oxidation sites excluding steroid dienone is 1. The van der Waals surface area contributed by atoms with Crippen molar-refractivity contribution in [3.63, 3.8) is 0 Å². The summed E-state index contributed by atoms with van der Waals surface area (Å²) in [6.07, 6.45) is -12.0. The summed E-state index contributed by atoms with van der Waals surface area (Å²) < 4.78 is 62.2. The molecule has 24 unspecified atom stereocenters. The Morgan fingerprint density at radius 3 is 2.06 bits per heavy atom. The Balaban J connectivity index is 0.953. The van der Waals surface area contributed by atoms with Crippen LogP contribution >= 0.6 is 0 Å². The van der Waals surface area contributed by atoms with Gasteiger partial charge in [0.25, 0.3) is 0 Å². The first-order valence-corrected chi connectivity index (χ1v) is 25.2. The van der Waals surface area contributed by atoms with E-state index >= 15 is 0 Å². The largest absolute Gasteiger partial charge is 0.457 e. The van der Waals surface area contributed by atoms with E-state index in [1.54, 1.807) is 0 Å². The molecule has 0 aromatic carbocycles. The highest BCUT2D eigenvalue weighted by molar-refractivity contribution is 5.66. The maximum Gasteiger partial charge on any atom is 0.303 e. The minimum atomic E-state index is -1.81. The number of carbonyl (C=O) groups excluding carboxylic acids is 2. The monoisotopic (exact) mass is 983 g/mol. The number of aliphatic hydroxyl groups is 7. The third-order valence-corrected chi connectivity index (χ3v) is 18.9. The van der Waals surface area contributed by atoms with Crippen LogP contribution in [0.1, 0.15) is 114 Å². The molecule has 9 rings (SSSR count). The molecule has 9 fully saturated rings. The molecule has 9 aliphatic rings. The first kappa shape index (κ1) is 52.0. The minimum absolute atomic E-state index is 0.0740. The highest BCUT2D eigenvalue weighted by Crippen LogP contribution is 2.80. The van der Waals surface area contributed by atoms with E-state index in [1.165, 1.54) is 6.92 Å². The quantitative estimate of drug-likeness (QED) is 0.0934. The van der Waals surface area contributed by atoms with Crippen molar-refractivity contribution in [3.05, 3.63) is 11.6 Å². The number of hydrogen-bond acceptors (Lipinski definition) is 19. The SMILES string of the molecule is CC(=O)OC1C(OC2CCC3(C)C(CCC4(C)C3CCC3C5C(C)(O)CC(C=C(C)C)OC56CC34CO6)C2(C)C)OCC(O)C1OC1OC(CO)C(O)C(OC(C)=O)C1OC1OCC(O)C(O)C1O. The summed E-state index contributed by atoms with van der Waals surface area (Å²) >= 11 is 0. The Labute approximate surface area is 404 Å². The number of fused-ring (bicyclic) bond motifs is 4. The summed E-state index contributed by atoms with van der Waals surface area (Å²) in [6.45, 7) is 16.9. The zero-order chi connectivity index (χ0) is 50.0. The molecule has 4 aliphatic carbocycles. The van der Waals surface area contributed by atoms with Gasteiger partial charge in [-0.05, 0) is 93.3 Å². The zero-order valence-corrected chi connectivity index (χ0v) is 41.6. The van der Waals surface area contributed by atoms with Gasteiger partial charge in [0.15, 0.2) is 43.0 Å². The highest BCUT2D eigenvalue weighted by Gasteiger charge is 2.81. The summed E-state index contributed by atoms with van der Waals surface area (Å²) in [5.74, 6) is -1.65. The fourth-order valence-electron chi connectivity index (χ4n) is 16.2. The van der Waals surface area contributed by atoms with Crippen LogP contribution in [0.3, 0.4) is 0 Å². The second kappa shape index (κ2) is 18.5. The maximum absolute atomic E-state index is 12.9. The lowest BCUT2D eigenvalue weighted by Crippen LogP contribution is -2.68. The molecule has 4 saturated carbocycles. The highest BCUT2D eigenvalue weighted by atomic mass is 16.8. The molecule has 5 heterocycles. The summed E-state index contributed by atoms with van der Waals surface area (Å²) in [5, 5.41) is 76.6. The molecule has 0 amide bonds. The van der Waals surface area contributed by atoms with Crippen LogP contribution in [0.15, 0.2) is 11.6 Å². The average molecular weight is 983 g/mol. The molecule has 0 aromatic rings. The van der Waals surface area contributed by atoms with Gasteiger partial charge in [0.2, 0.25) is 0 Å². The van der Waals surface area contributed by atoms with Crippen LogP contribution in [-0.2, 0) is 57.0 Å². The van der Waals surface area contributed by atoms with Gasteiger partial charge in [-0.2, -0.15) is 0 Å². The molecule has 2 spiro atoms. The Hall–Kier alpha value is -1.92. The predicted molar refractivity (Wildman–Crippen MR) is 238 cm³/mol. The summed E-state index contributed by atoms with van der Waals surface area (Å²) in [6, 6.07) is 0. The first-order valence-electron chi connectivity index (χ1n) is 25.2. The van der Waals surface area contributed by atoms with Gasteiger partial charge in [0.1, 0.15) is 42.7 Å². The molecule has 0 radical (unpaired) electrons. The predicted octanol–water partition coefficient (Wildman–Crippen LogP) is 1.75. The number of ether oxygens (including phenoxy) is 10. The Kier molecular flexibility index (Phi) is 13.9. The summed E-state index contributed by atoms with van der Waals surface area (Å²) in [4.78, 5) is 25.3. The Morgan fingerprint density at radius 2 is 1.38 bits per heavy atom. The van der Waals surface area contributed by atoms with Crippen LogP contribution in [0.2, 0.25) is 0 Å². The maximum atomic E-state index is 12.9. The van der Waals surface area contributed by atoms with Crippen molar-refractivity contribution in [2.24, 2.45) is 45.3 Å². The van der Waals surface area contributed by atoms with Crippen LogP contribution in [0.4, 0.5) is 0 Å². The van der Waals surface area contributed by atoms with E-state index in [2.05, 4.69) is 47.6 Å². The average Bonchev–Trinajstić information content (AvgIpc) is 3.78. The molecule has 392 valence electrons. The third kappa shape index (κ3) is 8.46. The molecule has 5 saturated heterocycles. The molecule has 0 aromatic heterocycles. The van der Waals surface area contributed by atoms with Gasteiger partial charge >= 0.3 is 11.9 Å². The van der Waals surface area contributed by atoms with E-state index in [-0.39, 0.29) is 46.7 Å². The van der Waals surface area contributed by atoms with Gasteiger partial charge in [-0.1, -0.05) is 39.3 Å². The number of rotatable bonds is 10. The van der Waals surface area contributed by atoms with Crippen LogP contribution < -0.4 is 0 Å². The van der Waals surface area contributed by atoms with Gasteiger partial charge in [0, 0.05) is 38.0 Å². The fourth-order valence-corrected chi connectivity index (χ4v) is 16.2. The van der Waals surface area contributed by atoms with Crippen molar-refractivity contribution >= 4 is 11.9 Å². The van der Waals surface area contributed by atoms with Crippen molar-refractivity contribution in [1.29, 1.82) is 0 Å². The van der Waals surface area contributed by atoms with Gasteiger partial charge < -0.3 is 83.1 Å². The zero-order valence-electron chi connectivity index (χ0n) is 41.6. The molecular weight excluding hydrogens is 905 g/mol. The van der Waals surface area contributed by atoms with Gasteiger partial charge in [-0.3, -0.25) is 9.59 Å². The number of aliphatic hydroxyl groups excluding tert-OH is 6. The van der Waals surface area contributed by atoms with Crippen molar-refractivity contribution in [2.45, 2.75) is 217 Å². The van der Waals surface area contributed by atoms with E-state index in [1.807, 2.05) is 6.92 Å². The van der Waals surface area contributed by atoms with Crippen molar-refractivity contribution < 1.29 is 92.7 Å². The Morgan fingerprint density at radius 1 is 0.710 bits per heavy atom. The topological polar surface area (TPSA) is 268 Å². The molecule has 19 heteroatoms. The van der Waals surface area contributed by atoms with E-state index in [4.69, 9.17) is 47.4 Å². The molecular formula is C50H78O19. The van der Waals surface area contributed by atoms with Crippen LogP contribution in [0.5, 0.6) is 0 Å². The van der Waals surface area contributed by atoms with Gasteiger partial charge in [-0.15, -0.1) is 0 Å². The lowest BCUT2D eigenvalue weighted by molar-refractivity contribution is -0.381. The Bertz CT molecular complexity index is 1940. The van der Waals surface area contributed by atoms with Crippen LogP contribution in [0.25, 0.3) is 0 Å². The minimum Gasteiger partial charge on any atom is -0.457 e. The smallest absolute Gasteiger partial charge is 0.303 e. The number of hydrogen-bond donors (Lipinski definition) is 7. The molecule has 5 aliphatic heterocycles. The summed E-state index contributed by atoms with van der Waals surface area (Å²) in [5.41, 5.74) is -0.513. The number of esters is 2. The first-order chi connectivity index (χ1) is 32.3. The van der Waals surface area contributed by atoms with Gasteiger partial charge in [0.05, 0.1) is 44.2 Å². The second-order valence-corrected chi connectivity index (χ2v) is 23.7. The summed E-state index contributed by atoms with van der Waals surface area (Å²) in [7, 11) is 0. The second-order valence-electron chi connectivity index (χ2n) is 23.7. The molecule has 69 heavy (non-hydrogen) atoms. The van der Waals surface area contributed by atoms with Crippen LogP contribution in [-0.4, -0.2) is 178 Å². The van der Waals surface area contributed by atoms with Crippen molar-refractivity contribution in [1.82, 2.24) is 0 Å². The van der Waals surface area contributed by atoms with Gasteiger partial charge in [-0.25, -0.2) is 0 Å². The standard InChI is InChI=1S/C50H78O19/c1-23(2)16-26-17-48(9,59)41-27-10-11-32-46(7)14-13-33(45(5,6)31(46)12-15-47(32,8)49(27)21-50(41,69-26)62-22-49)66-43-39(64-25(4)53)37(29(55)20-61-43)67-44-40(68-42-36(58)34(56)28(54)19-60-42)38(63-24(3)52)35(57)30(18-51)65-44/h16,26-44,51,54-59H,10-15,17-22H2,1-9H3. The molecule has 7 N–H and O–H groups in total. The third-order valence-electron chi connectivity index (χ3n) is 18.9. The van der Waals surface area contributed by atoms with Crippen molar-refractivity contribution in [2.75, 3.05) is 26.4 Å². The fraction of sp³-hybridized carbons (Fsp3) is 0.920. The number of carbonyl (C=O) groups is 2. The normalized spacial score (nSPS) is 53.2. The lowest BCUT2D eigenvalue weighted by atomic mass is 9.35.